The Hall–Kier alpha value is -2.39. The van der Waals surface area contributed by atoms with Gasteiger partial charge in [0.25, 0.3) is 5.91 Å². The summed E-state index contributed by atoms with van der Waals surface area (Å²) in [5.74, 6) is -1.69. The fraction of sp³-hybridized carbons (Fsp3) is 0.353. The molecule has 0 spiro atoms. The predicted octanol–water partition coefficient (Wildman–Crippen LogP) is 3.09. The van der Waals surface area contributed by atoms with Gasteiger partial charge in [0.15, 0.2) is 11.6 Å². The topological polar surface area (TPSA) is 82.7 Å². The summed E-state index contributed by atoms with van der Waals surface area (Å²) in [5.41, 5.74) is 0.859. The molecule has 3 heterocycles. The number of H-pyrrole nitrogens is 1. The first kappa shape index (κ1) is 17.0. The smallest absolute Gasteiger partial charge is 0.277 e. The first-order valence-electron chi connectivity index (χ1n) is 8.40. The van der Waals surface area contributed by atoms with E-state index in [2.05, 4.69) is 25.6 Å². The number of rotatable bonds is 4. The normalized spacial score (nSPS) is 17.5. The van der Waals surface area contributed by atoms with Gasteiger partial charge in [0, 0.05) is 23.9 Å². The zero-order valence-electron chi connectivity index (χ0n) is 13.8. The molecule has 3 N–H and O–H groups in total. The number of benzene rings is 1. The van der Waals surface area contributed by atoms with Gasteiger partial charge < -0.3 is 10.3 Å². The van der Waals surface area contributed by atoms with Crippen molar-refractivity contribution < 1.29 is 13.6 Å². The van der Waals surface area contributed by atoms with Crippen LogP contribution in [-0.4, -0.2) is 33.9 Å². The highest BCUT2D eigenvalue weighted by Crippen LogP contribution is 2.21. The number of halogens is 2. The summed E-state index contributed by atoms with van der Waals surface area (Å²) >= 11 is 1.46. The monoisotopic (exact) mass is 377 g/mol. The third-order valence-electron chi connectivity index (χ3n) is 4.40. The van der Waals surface area contributed by atoms with Crippen LogP contribution in [0.5, 0.6) is 0 Å². The Labute approximate surface area is 152 Å². The quantitative estimate of drug-likeness (QED) is 0.653. The summed E-state index contributed by atoms with van der Waals surface area (Å²) < 4.78 is 26.5. The summed E-state index contributed by atoms with van der Waals surface area (Å²) in [6.45, 7) is 2.04. The highest BCUT2D eigenvalue weighted by Gasteiger charge is 2.18. The molecule has 0 bridgehead atoms. The standard InChI is InChI=1S/C17H17F2N5OS/c18-10-5-12-13(6-11(10)19)23-17(22-12)24-16(25)14-8-26-15(21-14)4-9-2-1-3-20-7-9/h5-6,8-9,20H,1-4,7H2,(H2,22,23,24,25). The number of fused-ring (bicyclic) bond motifs is 1. The van der Waals surface area contributed by atoms with E-state index in [1.165, 1.54) is 17.8 Å². The molecule has 1 aliphatic heterocycles. The van der Waals surface area contributed by atoms with Crippen LogP contribution in [0.4, 0.5) is 14.7 Å². The molecule has 9 heteroatoms. The van der Waals surface area contributed by atoms with Gasteiger partial charge in [0.2, 0.25) is 5.95 Å². The Morgan fingerprint density at radius 1 is 1.31 bits per heavy atom. The Morgan fingerprint density at radius 3 is 2.96 bits per heavy atom. The molecule has 2 aromatic heterocycles. The first-order chi connectivity index (χ1) is 12.6. The van der Waals surface area contributed by atoms with E-state index in [0.29, 0.717) is 17.1 Å². The van der Waals surface area contributed by atoms with Crippen LogP contribution in [0.1, 0.15) is 28.3 Å². The molecule has 6 nitrogen and oxygen atoms in total. The first-order valence-corrected chi connectivity index (χ1v) is 9.27. The summed E-state index contributed by atoms with van der Waals surface area (Å²) in [7, 11) is 0. The lowest BCUT2D eigenvalue weighted by atomic mass is 9.97. The molecule has 1 unspecified atom stereocenters. The van der Waals surface area contributed by atoms with Crippen molar-refractivity contribution in [2.24, 2.45) is 5.92 Å². The number of nitrogens with zero attached hydrogens (tertiary/aromatic N) is 2. The number of piperidine rings is 1. The van der Waals surface area contributed by atoms with Crippen molar-refractivity contribution in [1.82, 2.24) is 20.3 Å². The largest absolute Gasteiger partial charge is 0.324 e. The van der Waals surface area contributed by atoms with Gasteiger partial charge in [-0.1, -0.05) is 0 Å². The number of amides is 1. The van der Waals surface area contributed by atoms with E-state index in [0.717, 1.165) is 43.1 Å². The number of thiazole rings is 1. The van der Waals surface area contributed by atoms with Gasteiger partial charge in [-0.25, -0.2) is 18.7 Å². The SMILES string of the molecule is O=C(Nc1nc2cc(F)c(F)cc2[nH]1)c1csc(CC2CCCNC2)n1. The fourth-order valence-electron chi connectivity index (χ4n) is 3.09. The third kappa shape index (κ3) is 3.58. The predicted molar refractivity (Wildman–Crippen MR) is 95.4 cm³/mol. The summed E-state index contributed by atoms with van der Waals surface area (Å²) in [5, 5.41) is 8.59. The van der Waals surface area contributed by atoms with Crippen LogP contribution in [0.3, 0.4) is 0 Å². The number of hydrogen-bond donors (Lipinski definition) is 3. The zero-order valence-corrected chi connectivity index (χ0v) is 14.6. The highest BCUT2D eigenvalue weighted by atomic mass is 32.1. The van der Waals surface area contributed by atoms with Crippen LogP contribution in [0, 0.1) is 17.6 Å². The van der Waals surface area contributed by atoms with Crippen molar-refractivity contribution in [2.75, 3.05) is 18.4 Å². The number of carbonyl (C=O) groups excluding carboxylic acids is 1. The molecule has 4 rings (SSSR count). The summed E-state index contributed by atoms with van der Waals surface area (Å²) in [6.07, 6.45) is 3.19. The van der Waals surface area contributed by atoms with E-state index < -0.39 is 17.5 Å². The van der Waals surface area contributed by atoms with Crippen LogP contribution in [0.15, 0.2) is 17.5 Å². The molecule has 1 aliphatic rings. The fourth-order valence-corrected chi connectivity index (χ4v) is 3.98. The number of carbonyl (C=O) groups is 1. The molecule has 1 amide bonds. The molecule has 136 valence electrons. The Bertz CT molecular complexity index is 909. The molecule has 1 fully saturated rings. The second kappa shape index (κ2) is 7.08. The van der Waals surface area contributed by atoms with E-state index in [1.54, 1.807) is 5.38 Å². The van der Waals surface area contributed by atoms with Gasteiger partial charge in [-0.15, -0.1) is 11.3 Å². The second-order valence-corrected chi connectivity index (χ2v) is 7.31. The van der Waals surface area contributed by atoms with Crippen molar-refractivity contribution in [3.63, 3.8) is 0 Å². The van der Waals surface area contributed by atoms with Crippen molar-refractivity contribution in [3.05, 3.63) is 39.8 Å². The molecule has 0 radical (unpaired) electrons. The second-order valence-electron chi connectivity index (χ2n) is 6.37. The van der Waals surface area contributed by atoms with E-state index >= 15 is 0 Å². The van der Waals surface area contributed by atoms with Crippen molar-refractivity contribution in [3.8, 4) is 0 Å². The third-order valence-corrected chi connectivity index (χ3v) is 5.27. The molecule has 3 aromatic rings. The molecular formula is C17H17F2N5OS. The van der Waals surface area contributed by atoms with Crippen LogP contribution >= 0.6 is 11.3 Å². The summed E-state index contributed by atoms with van der Waals surface area (Å²) in [6, 6.07) is 1.99. The van der Waals surface area contributed by atoms with Gasteiger partial charge in [0.1, 0.15) is 5.69 Å². The molecule has 1 aromatic carbocycles. The van der Waals surface area contributed by atoms with E-state index in [4.69, 9.17) is 0 Å². The van der Waals surface area contributed by atoms with Crippen LogP contribution < -0.4 is 10.6 Å². The lowest BCUT2D eigenvalue weighted by Crippen LogP contribution is -2.30. The maximum atomic E-state index is 13.3. The van der Waals surface area contributed by atoms with Gasteiger partial charge in [0.05, 0.1) is 16.0 Å². The minimum atomic E-state index is -0.983. The van der Waals surface area contributed by atoms with Crippen LogP contribution in [0.25, 0.3) is 11.0 Å². The van der Waals surface area contributed by atoms with Gasteiger partial charge in [-0.2, -0.15) is 0 Å². The molecule has 0 aliphatic carbocycles. The minimum Gasteiger partial charge on any atom is -0.324 e. The molecule has 26 heavy (non-hydrogen) atoms. The zero-order chi connectivity index (χ0) is 18.1. The van der Waals surface area contributed by atoms with Gasteiger partial charge in [-0.3, -0.25) is 10.1 Å². The van der Waals surface area contributed by atoms with Gasteiger partial charge in [-0.05, 0) is 31.8 Å². The minimum absolute atomic E-state index is 0.126. The Balaban J connectivity index is 1.44. The number of hydrogen-bond acceptors (Lipinski definition) is 5. The van der Waals surface area contributed by atoms with Crippen LogP contribution in [0.2, 0.25) is 0 Å². The van der Waals surface area contributed by atoms with Crippen molar-refractivity contribution in [2.45, 2.75) is 19.3 Å². The summed E-state index contributed by atoms with van der Waals surface area (Å²) in [4.78, 5) is 23.6. The van der Waals surface area contributed by atoms with Crippen molar-refractivity contribution >= 4 is 34.2 Å². The lowest BCUT2D eigenvalue weighted by Gasteiger charge is -2.21. The molecular weight excluding hydrogens is 360 g/mol. The molecule has 0 saturated carbocycles. The van der Waals surface area contributed by atoms with E-state index in [1.807, 2.05) is 0 Å². The number of nitrogens with one attached hydrogen (secondary N) is 3. The Kier molecular flexibility index (Phi) is 4.64. The molecule has 1 saturated heterocycles. The maximum Gasteiger partial charge on any atom is 0.277 e. The maximum absolute atomic E-state index is 13.3. The van der Waals surface area contributed by atoms with E-state index in [9.17, 15) is 13.6 Å². The average molecular weight is 377 g/mol. The highest BCUT2D eigenvalue weighted by molar-refractivity contribution is 7.09. The molecule has 1 atom stereocenters. The van der Waals surface area contributed by atoms with Gasteiger partial charge >= 0.3 is 0 Å². The number of anilines is 1. The van der Waals surface area contributed by atoms with E-state index in [-0.39, 0.29) is 11.5 Å². The number of aromatic amines is 1. The van der Waals surface area contributed by atoms with Crippen LogP contribution in [-0.2, 0) is 6.42 Å². The average Bonchev–Trinajstić information content (AvgIpc) is 3.23. The lowest BCUT2D eigenvalue weighted by molar-refractivity contribution is 0.102. The Morgan fingerprint density at radius 2 is 2.15 bits per heavy atom. The van der Waals surface area contributed by atoms with Crippen molar-refractivity contribution in [1.29, 1.82) is 0 Å². The number of aromatic nitrogens is 3. The number of imidazole rings is 1.